The molecule has 1 amide bonds. The Bertz CT molecular complexity index is 511. The van der Waals surface area contributed by atoms with Crippen LogP contribution in [0, 0.1) is 0 Å². The third-order valence-corrected chi connectivity index (χ3v) is 5.41. The number of nitrogens with two attached hydrogens (primary N) is 2. The quantitative estimate of drug-likeness (QED) is 0.299. The fraction of sp³-hybridized carbons (Fsp3) is 0.529. The van der Waals surface area contributed by atoms with Gasteiger partial charge in [0.2, 0.25) is 0 Å². The number of benzene rings is 1. The van der Waals surface area contributed by atoms with Crippen LogP contribution < -0.4 is 11.5 Å². The molecule has 0 saturated carbocycles. The van der Waals surface area contributed by atoms with Crippen molar-refractivity contribution in [2.75, 3.05) is 19.6 Å². The molecule has 0 aromatic heterocycles. The Morgan fingerprint density at radius 2 is 1.67 bits per heavy atom. The predicted octanol–water partition coefficient (Wildman–Crippen LogP) is 3.11. The summed E-state index contributed by atoms with van der Waals surface area (Å²) in [5.41, 5.74) is 12.6. The molecule has 0 saturated heterocycles. The van der Waals surface area contributed by atoms with Crippen LogP contribution in [-0.4, -0.2) is 33.8 Å². The predicted molar refractivity (Wildman–Crippen MR) is 109 cm³/mol. The Morgan fingerprint density at radius 3 is 2.29 bits per heavy atom. The van der Waals surface area contributed by atoms with Gasteiger partial charge in [0.05, 0.1) is 22.9 Å². The summed E-state index contributed by atoms with van der Waals surface area (Å²) in [6.07, 6.45) is 4.75. The second kappa shape index (κ2) is 12.7. The molecule has 0 radical (unpaired) electrons. The van der Waals surface area contributed by atoms with Crippen molar-refractivity contribution < 1.29 is 9.59 Å². The zero-order valence-electron chi connectivity index (χ0n) is 13.9. The number of carbonyl (C=O) groups excluding carboxylic acids is 2. The van der Waals surface area contributed by atoms with E-state index in [2.05, 4.69) is 0 Å². The van der Waals surface area contributed by atoms with Gasteiger partial charge in [-0.25, -0.2) is 0 Å². The standard InChI is InChI=1S/C17H26IN3O2S/c18-21(12-11-20)17(23)15-8-6-14(7-9-15)13-24-16(22)5-3-1-2-4-10-19/h6-9H,1-5,10-13,19-20H2. The minimum absolute atomic E-state index is 0.0474. The summed E-state index contributed by atoms with van der Waals surface area (Å²) in [6, 6.07) is 7.42. The van der Waals surface area contributed by atoms with Crippen molar-refractivity contribution in [2.45, 2.75) is 37.9 Å². The summed E-state index contributed by atoms with van der Waals surface area (Å²) < 4.78 is 1.58. The van der Waals surface area contributed by atoms with Crippen LogP contribution in [0.4, 0.5) is 0 Å². The van der Waals surface area contributed by atoms with E-state index in [1.807, 2.05) is 35.0 Å². The van der Waals surface area contributed by atoms with Crippen molar-refractivity contribution >= 4 is 45.6 Å². The fourth-order valence-corrected chi connectivity index (χ4v) is 3.47. The van der Waals surface area contributed by atoms with Crippen molar-refractivity contribution in [3.8, 4) is 0 Å². The van der Waals surface area contributed by atoms with Gasteiger partial charge in [-0.15, -0.1) is 0 Å². The zero-order chi connectivity index (χ0) is 17.8. The van der Waals surface area contributed by atoms with E-state index in [9.17, 15) is 9.59 Å². The molecule has 0 bridgehead atoms. The Labute approximate surface area is 162 Å². The van der Waals surface area contributed by atoms with E-state index >= 15 is 0 Å². The average molecular weight is 463 g/mol. The van der Waals surface area contributed by atoms with E-state index in [1.54, 1.807) is 15.2 Å². The second-order valence-electron chi connectivity index (χ2n) is 5.49. The summed E-state index contributed by atoms with van der Waals surface area (Å²) in [5, 5.41) is 0.226. The molecule has 4 N–H and O–H groups in total. The topological polar surface area (TPSA) is 89.4 Å². The lowest BCUT2D eigenvalue weighted by Gasteiger charge is -2.13. The monoisotopic (exact) mass is 463 g/mol. The number of hydrogen-bond acceptors (Lipinski definition) is 5. The molecular formula is C17H26IN3O2S. The maximum absolute atomic E-state index is 12.1. The number of hydrogen-bond donors (Lipinski definition) is 2. The van der Waals surface area contributed by atoms with Crippen LogP contribution in [0.1, 0.15) is 48.0 Å². The lowest BCUT2D eigenvalue weighted by molar-refractivity contribution is -0.111. The zero-order valence-corrected chi connectivity index (χ0v) is 16.9. The number of nitrogens with zero attached hydrogens (tertiary/aromatic N) is 1. The fourth-order valence-electron chi connectivity index (χ4n) is 2.10. The number of thioether (sulfide) groups is 1. The average Bonchev–Trinajstić information content (AvgIpc) is 2.60. The molecule has 0 aliphatic rings. The summed E-state index contributed by atoms with van der Waals surface area (Å²) >= 11 is 3.32. The van der Waals surface area contributed by atoms with Crippen LogP contribution in [0.25, 0.3) is 0 Å². The van der Waals surface area contributed by atoms with Gasteiger partial charge in [0, 0.05) is 30.8 Å². The van der Waals surface area contributed by atoms with Gasteiger partial charge < -0.3 is 11.5 Å². The number of amides is 1. The molecule has 1 aromatic rings. The molecule has 0 aliphatic heterocycles. The molecule has 0 fully saturated rings. The van der Waals surface area contributed by atoms with Crippen LogP contribution in [0.2, 0.25) is 0 Å². The first-order valence-corrected chi connectivity index (χ1v) is 10.2. The van der Waals surface area contributed by atoms with Crippen LogP contribution in [0.5, 0.6) is 0 Å². The van der Waals surface area contributed by atoms with E-state index in [4.69, 9.17) is 11.5 Å². The van der Waals surface area contributed by atoms with Gasteiger partial charge in [-0.05, 0) is 37.1 Å². The lowest BCUT2D eigenvalue weighted by atomic mass is 10.1. The molecule has 0 atom stereocenters. The van der Waals surface area contributed by atoms with Gasteiger partial charge >= 0.3 is 0 Å². The molecule has 0 heterocycles. The van der Waals surface area contributed by atoms with E-state index in [-0.39, 0.29) is 11.0 Å². The highest BCUT2D eigenvalue weighted by molar-refractivity contribution is 14.1. The highest BCUT2D eigenvalue weighted by Crippen LogP contribution is 2.18. The van der Waals surface area contributed by atoms with E-state index in [0.717, 1.165) is 37.8 Å². The minimum atomic E-state index is -0.0474. The number of carbonyl (C=O) groups is 2. The second-order valence-corrected chi connectivity index (χ2v) is 7.69. The minimum Gasteiger partial charge on any atom is -0.330 e. The molecule has 0 aliphatic carbocycles. The van der Waals surface area contributed by atoms with Gasteiger partial charge in [0.1, 0.15) is 0 Å². The normalized spacial score (nSPS) is 10.6. The summed E-state index contributed by atoms with van der Waals surface area (Å²) in [5.74, 6) is 0.598. The molecular weight excluding hydrogens is 437 g/mol. The molecule has 0 unspecified atom stereocenters. The first-order valence-electron chi connectivity index (χ1n) is 8.20. The Balaban J connectivity index is 2.34. The molecule has 134 valence electrons. The smallest absolute Gasteiger partial charge is 0.262 e. The van der Waals surface area contributed by atoms with Gasteiger partial charge in [0.15, 0.2) is 5.12 Å². The highest BCUT2D eigenvalue weighted by atomic mass is 127. The number of rotatable bonds is 11. The Morgan fingerprint density at radius 1 is 1.00 bits per heavy atom. The van der Waals surface area contributed by atoms with Crippen LogP contribution in [-0.2, 0) is 10.5 Å². The summed E-state index contributed by atoms with van der Waals surface area (Å²) in [7, 11) is 0. The van der Waals surface area contributed by atoms with Crippen LogP contribution >= 0.6 is 34.6 Å². The van der Waals surface area contributed by atoms with Crippen molar-refractivity contribution in [1.29, 1.82) is 0 Å². The third-order valence-electron chi connectivity index (χ3n) is 3.48. The van der Waals surface area contributed by atoms with Gasteiger partial charge in [-0.2, -0.15) is 0 Å². The maximum atomic E-state index is 12.1. The molecule has 5 nitrogen and oxygen atoms in total. The Kier molecular flexibility index (Phi) is 11.3. The van der Waals surface area contributed by atoms with E-state index in [0.29, 0.717) is 30.8 Å². The first kappa shape index (κ1) is 21.4. The van der Waals surface area contributed by atoms with Crippen molar-refractivity contribution in [3.63, 3.8) is 0 Å². The van der Waals surface area contributed by atoms with Gasteiger partial charge in [0.25, 0.3) is 5.91 Å². The largest absolute Gasteiger partial charge is 0.330 e. The van der Waals surface area contributed by atoms with Crippen molar-refractivity contribution in [1.82, 2.24) is 3.11 Å². The molecule has 7 heteroatoms. The number of halogens is 1. The van der Waals surface area contributed by atoms with Crippen molar-refractivity contribution in [2.24, 2.45) is 11.5 Å². The molecule has 24 heavy (non-hydrogen) atoms. The van der Waals surface area contributed by atoms with E-state index < -0.39 is 0 Å². The van der Waals surface area contributed by atoms with Gasteiger partial charge in [-0.3, -0.25) is 12.7 Å². The molecule has 1 aromatic carbocycles. The van der Waals surface area contributed by atoms with Crippen LogP contribution in [0.3, 0.4) is 0 Å². The number of unbranched alkanes of at least 4 members (excludes halogenated alkanes) is 3. The summed E-state index contributed by atoms with van der Waals surface area (Å²) in [4.78, 5) is 24.0. The van der Waals surface area contributed by atoms with Crippen LogP contribution in [0.15, 0.2) is 24.3 Å². The Hall–Kier alpha value is -0.640. The SMILES string of the molecule is NCCCCCCC(=O)SCc1ccc(C(=O)N(I)CCN)cc1. The van der Waals surface area contributed by atoms with Gasteiger partial charge in [-0.1, -0.05) is 36.7 Å². The lowest BCUT2D eigenvalue weighted by Crippen LogP contribution is -2.26. The molecule has 0 spiro atoms. The van der Waals surface area contributed by atoms with E-state index in [1.165, 1.54) is 11.8 Å². The summed E-state index contributed by atoms with van der Waals surface area (Å²) in [6.45, 7) is 1.69. The molecule has 1 rings (SSSR count). The maximum Gasteiger partial charge on any atom is 0.262 e. The first-order chi connectivity index (χ1) is 11.6. The highest BCUT2D eigenvalue weighted by Gasteiger charge is 2.12. The van der Waals surface area contributed by atoms with Crippen molar-refractivity contribution in [3.05, 3.63) is 35.4 Å². The third kappa shape index (κ3) is 8.46.